The van der Waals surface area contributed by atoms with Crippen molar-refractivity contribution in [2.24, 2.45) is 13.0 Å². The number of aryl methyl sites for hydroxylation is 1. The Kier molecular flexibility index (Phi) is 4.30. The zero-order chi connectivity index (χ0) is 11.3. The molecule has 1 aromatic rings. The summed E-state index contributed by atoms with van der Waals surface area (Å²) in [5, 5.41) is 16.0. The minimum Gasteiger partial charge on any atom is -0.481 e. The molecule has 84 valence electrons. The van der Waals surface area contributed by atoms with Crippen LogP contribution in [0.15, 0.2) is 12.3 Å². The largest absolute Gasteiger partial charge is 0.481 e. The van der Waals surface area contributed by atoms with Gasteiger partial charge in [-0.05, 0) is 6.07 Å². The fraction of sp³-hybridized carbons (Fsp3) is 0.600. The molecule has 0 fully saturated rings. The van der Waals surface area contributed by atoms with E-state index >= 15 is 0 Å². The summed E-state index contributed by atoms with van der Waals surface area (Å²) in [6.45, 7) is 2.95. The van der Waals surface area contributed by atoms with Gasteiger partial charge in [-0.3, -0.25) is 9.48 Å². The smallest absolute Gasteiger partial charge is 0.307 e. The zero-order valence-corrected chi connectivity index (χ0v) is 9.10. The SMILES string of the molecule is CC(CNCCc1ccn(C)n1)C(=O)O. The van der Waals surface area contributed by atoms with Crippen LogP contribution >= 0.6 is 0 Å². The minimum atomic E-state index is -0.764. The van der Waals surface area contributed by atoms with Gasteiger partial charge in [0.15, 0.2) is 0 Å². The summed E-state index contributed by atoms with van der Waals surface area (Å²) in [6, 6.07) is 1.96. The second kappa shape index (κ2) is 5.50. The Labute approximate surface area is 89.1 Å². The van der Waals surface area contributed by atoms with E-state index in [-0.39, 0.29) is 5.92 Å². The van der Waals surface area contributed by atoms with Crippen LogP contribution < -0.4 is 5.32 Å². The molecule has 0 saturated heterocycles. The Morgan fingerprint density at radius 3 is 3.00 bits per heavy atom. The first-order chi connectivity index (χ1) is 7.09. The van der Waals surface area contributed by atoms with Crippen molar-refractivity contribution in [3.63, 3.8) is 0 Å². The number of carboxylic acids is 1. The van der Waals surface area contributed by atoms with Gasteiger partial charge in [-0.1, -0.05) is 6.92 Å². The van der Waals surface area contributed by atoms with Gasteiger partial charge in [-0.25, -0.2) is 0 Å². The van der Waals surface area contributed by atoms with Gasteiger partial charge in [-0.15, -0.1) is 0 Å². The molecule has 0 aliphatic carbocycles. The van der Waals surface area contributed by atoms with E-state index < -0.39 is 5.97 Å². The summed E-state index contributed by atoms with van der Waals surface area (Å²) in [4.78, 5) is 10.5. The van der Waals surface area contributed by atoms with Crippen molar-refractivity contribution in [1.29, 1.82) is 0 Å². The fourth-order valence-corrected chi connectivity index (χ4v) is 1.22. The van der Waals surface area contributed by atoms with Gasteiger partial charge in [-0.2, -0.15) is 5.10 Å². The second-order valence-corrected chi connectivity index (χ2v) is 3.67. The van der Waals surface area contributed by atoms with Crippen LogP contribution in [0.3, 0.4) is 0 Å². The highest BCUT2D eigenvalue weighted by Crippen LogP contribution is 1.95. The third-order valence-electron chi connectivity index (χ3n) is 2.20. The van der Waals surface area contributed by atoms with Crippen molar-refractivity contribution in [2.75, 3.05) is 13.1 Å². The number of hydrogen-bond acceptors (Lipinski definition) is 3. The van der Waals surface area contributed by atoms with E-state index in [1.165, 1.54) is 0 Å². The topological polar surface area (TPSA) is 67.2 Å². The van der Waals surface area contributed by atoms with Gasteiger partial charge < -0.3 is 10.4 Å². The Hall–Kier alpha value is -1.36. The second-order valence-electron chi connectivity index (χ2n) is 3.67. The number of aromatic nitrogens is 2. The Morgan fingerprint density at radius 2 is 2.47 bits per heavy atom. The first kappa shape index (κ1) is 11.7. The monoisotopic (exact) mass is 211 g/mol. The summed E-state index contributed by atoms with van der Waals surface area (Å²) in [5.74, 6) is -1.10. The zero-order valence-electron chi connectivity index (χ0n) is 9.10. The fourth-order valence-electron chi connectivity index (χ4n) is 1.22. The number of nitrogens with zero attached hydrogens (tertiary/aromatic N) is 2. The minimum absolute atomic E-state index is 0.339. The number of carbonyl (C=O) groups is 1. The molecule has 0 saturated carbocycles. The van der Waals surface area contributed by atoms with Crippen molar-refractivity contribution in [3.8, 4) is 0 Å². The molecular formula is C10H17N3O2. The molecule has 0 aromatic carbocycles. The molecule has 0 spiro atoms. The Bertz CT molecular complexity index is 322. The van der Waals surface area contributed by atoms with Crippen molar-refractivity contribution in [3.05, 3.63) is 18.0 Å². The van der Waals surface area contributed by atoms with Gasteiger partial charge in [0.25, 0.3) is 0 Å². The van der Waals surface area contributed by atoms with Gasteiger partial charge in [0.1, 0.15) is 0 Å². The molecule has 2 N–H and O–H groups in total. The molecule has 5 nitrogen and oxygen atoms in total. The van der Waals surface area contributed by atoms with Gasteiger partial charge >= 0.3 is 5.97 Å². The van der Waals surface area contributed by atoms with Crippen LogP contribution in [0.4, 0.5) is 0 Å². The van der Waals surface area contributed by atoms with E-state index in [9.17, 15) is 4.79 Å². The van der Waals surface area contributed by atoms with Crippen molar-refractivity contribution in [1.82, 2.24) is 15.1 Å². The lowest BCUT2D eigenvalue weighted by molar-refractivity contribution is -0.140. The average molecular weight is 211 g/mol. The quantitative estimate of drug-likeness (QED) is 0.663. The third-order valence-corrected chi connectivity index (χ3v) is 2.20. The van der Waals surface area contributed by atoms with Gasteiger partial charge in [0.2, 0.25) is 0 Å². The molecule has 5 heteroatoms. The molecule has 0 aliphatic heterocycles. The standard InChI is InChI=1S/C10H17N3O2/c1-8(10(14)15)7-11-5-3-9-4-6-13(2)12-9/h4,6,8,11H,3,5,7H2,1-2H3,(H,14,15). The Balaban J connectivity index is 2.14. The van der Waals surface area contributed by atoms with Crippen LogP contribution in [0.2, 0.25) is 0 Å². The summed E-state index contributed by atoms with van der Waals surface area (Å²) in [6.07, 6.45) is 2.72. The average Bonchev–Trinajstić information content (AvgIpc) is 2.58. The lowest BCUT2D eigenvalue weighted by Gasteiger charge is -2.06. The molecule has 0 radical (unpaired) electrons. The van der Waals surface area contributed by atoms with Crippen LogP contribution in [-0.2, 0) is 18.3 Å². The van der Waals surface area contributed by atoms with Crippen LogP contribution in [0, 0.1) is 5.92 Å². The molecule has 1 atom stereocenters. The third kappa shape index (κ3) is 4.12. The van der Waals surface area contributed by atoms with E-state index in [2.05, 4.69) is 10.4 Å². The number of carboxylic acid groups (broad SMARTS) is 1. The predicted octanol–water partition coefficient (Wildman–Crippen LogP) is 0.273. The van der Waals surface area contributed by atoms with E-state index in [0.29, 0.717) is 6.54 Å². The van der Waals surface area contributed by atoms with E-state index in [4.69, 9.17) is 5.11 Å². The van der Waals surface area contributed by atoms with E-state index in [0.717, 1.165) is 18.7 Å². The van der Waals surface area contributed by atoms with Gasteiger partial charge in [0, 0.05) is 32.8 Å². The first-order valence-corrected chi connectivity index (χ1v) is 5.01. The molecule has 1 aromatic heterocycles. The summed E-state index contributed by atoms with van der Waals surface area (Å²) >= 11 is 0. The van der Waals surface area contributed by atoms with Crippen LogP contribution in [0.1, 0.15) is 12.6 Å². The lowest BCUT2D eigenvalue weighted by Crippen LogP contribution is -2.27. The first-order valence-electron chi connectivity index (χ1n) is 5.01. The molecule has 0 aliphatic rings. The summed E-state index contributed by atoms with van der Waals surface area (Å²) in [5.41, 5.74) is 1.02. The van der Waals surface area contributed by atoms with Crippen molar-refractivity contribution < 1.29 is 9.90 Å². The molecule has 1 unspecified atom stereocenters. The highest BCUT2D eigenvalue weighted by atomic mass is 16.4. The lowest BCUT2D eigenvalue weighted by atomic mass is 10.2. The number of nitrogens with one attached hydrogen (secondary N) is 1. The van der Waals surface area contributed by atoms with Crippen LogP contribution in [0.5, 0.6) is 0 Å². The molecule has 15 heavy (non-hydrogen) atoms. The maximum absolute atomic E-state index is 10.5. The molecule has 0 bridgehead atoms. The van der Waals surface area contributed by atoms with Crippen LogP contribution in [0.25, 0.3) is 0 Å². The number of rotatable bonds is 6. The Morgan fingerprint density at radius 1 is 1.73 bits per heavy atom. The molecule has 0 amide bonds. The normalized spacial score (nSPS) is 12.7. The van der Waals surface area contributed by atoms with Crippen LogP contribution in [-0.4, -0.2) is 33.9 Å². The van der Waals surface area contributed by atoms with Crippen molar-refractivity contribution >= 4 is 5.97 Å². The number of hydrogen-bond donors (Lipinski definition) is 2. The van der Waals surface area contributed by atoms with E-state index in [1.54, 1.807) is 11.6 Å². The predicted molar refractivity (Wildman–Crippen MR) is 56.6 cm³/mol. The maximum atomic E-state index is 10.5. The molecule has 1 rings (SSSR count). The highest BCUT2D eigenvalue weighted by molar-refractivity contribution is 5.69. The molecule has 1 heterocycles. The summed E-state index contributed by atoms with van der Waals surface area (Å²) in [7, 11) is 1.88. The summed E-state index contributed by atoms with van der Waals surface area (Å²) < 4.78 is 1.76. The molecular weight excluding hydrogens is 194 g/mol. The number of aliphatic carboxylic acids is 1. The van der Waals surface area contributed by atoms with Gasteiger partial charge in [0.05, 0.1) is 11.6 Å². The highest BCUT2D eigenvalue weighted by Gasteiger charge is 2.09. The van der Waals surface area contributed by atoms with Crippen molar-refractivity contribution in [2.45, 2.75) is 13.3 Å². The maximum Gasteiger partial charge on any atom is 0.307 e. The van der Waals surface area contributed by atoms with E-state index in [1.807, 2.05) is 19.3 Å².